The molecule has 0 aromatic heterocycles. The van der Waals surface area contributed by atoms with Gasteiger partial charge in [-0.3, -0.25) is 4.84 Å². The first-order chi connectivity index (χ1) is 11.3. The number of ether oxygens (including phenoxy) is 1. The van der Waals surface area contributed by atoms with E-state index in [0.717, 1.165) is 15.6 Å². The monoisotopic (exact) mass is 349 g/mol. The number of esters is 1. The molecule has 6 nitrogen and oxygen atoms in total. The van der Waals surface area contributed by atoms with E-state index < -0.39 is 16.0 Å². The molecule has 0 N–H and O–H groups in total. The lowest BCUT2D eigenvalue weighted by Crippen LogP contribution is -2.25. The molecule has 2 rings (SSSR count). The molecular weight excluding hydrogens is 330 g/mol. The number of hydrogen-bond donors (Lipinski definition) is 0. The van der Waals surface area contributed by atoms with Crippen LogP contribution in [0, 0.1) is 13.8 Å². The number of benzene rings is 2. The number of sulfonamides is 1. The number of hydrogen-bond acceptors (Lipinski definition) is 5. The molecular formula is C17H19NO5S. The molecule has 0 aliphatic rings. The second-order valence-corrected chi connectivity index (χ2v) is 7.19. The van der Waals surface area contributed by atoms with E-state index in [1.807, 2.05) is 19.9 Å². The van der Waals surface area contributed by atoms with Gasteiger partial charge in [0.05, 0.1) is 17.6 Å². The summed E-state index contributed by atoms with van der Waals surface area (Å²) in [4.78, 5) is 16.9. The molecule has 128 valence electrons. The summed E-state index contributed by atoms with van der Waals surface area (Å²) in [6.07, 6.45) is 0. The lowest BCUT2D eigenvalue weighted by atomic mass is 10.1. The molecule has 7 heteroatoms. The highest BCUT2D eigenvalue weighted by atomic mass is 32.2. The van der Waals surface area contributed by atoms with Crippen molar-refractivity contribution in [2.45, 2.75) is 18.7 Å². The van der Waals surface area contributed by atoms with Gasteiger partial charge < -0.3 is 4.74 Å². The Balaban J connectivity index is 2.18. The minimum atomic E-state index is -3.74. The van der Waals surface area contributed by atoms with Crippen molar-refractivity contribution in [2.75, 3.05) is 14.2 Å². The van der Waals surface area contributed by atoms with Crippen molar-refractivity contribution in [2.24, 2.45) is 0 Å². The molecule has 0 aliphatic carbocycles. The Labute approximate surface area is 141 Å². The zero-order valence-corrected chi connectivity index (χ0v) is 14.8. The molecule has 0 bridgehead atoms. The van der Waals surface area contributed by atoms with Crippen LogP contribution in [0.15, 0.2) is 47.4 Å². The SMILES string of the molecule is CON(C)S(=O)(=O)c1ccc(C(=O)Oc2ccc(C)c(C)c2)cc1. The van der Waals surface area contributed by atoms with Crippen LogP contribution in [0.4, 0.5) is 0 Å². The third kappa shape index (κ3) is 3.81. The Morgan fingerprint density at radius 1 is 1.00 bits per heavy atom. The van der Waals surface area contributed by atoms with Crippen LogP contribution >= 0.6 is 0 Å². The average Bonchev–Trinajstić information content (AvgIpc) is 2.57. The van der Waals surface area contributed by atoms with Gasteiger partial charge in [-0.05, 0) is 61.4 Å². The van der Waals surface area contributed by atoms with Gasteiger partial charge in [0.25, 0.3) is 10.0 Å². The Hall–Kier alpha value is -2.22. The van der Waals surface area contributed by atoms with Gasteiger partial charge in [-0.15, -0.1) is 0 Å². The van der Waals surface area contributed by atoms with Gasteiger partial charge in [0.2, 0.25) is 0 Å². The third-order valence-corrected chi connectivity index (χ3v) is 5.37. The standard InChI is InChI=1S/C17H19NO5S/c1-12-5-8-15(11-13(12)2)23-17(19)14-6-9-16(10-7-14)24(20,21)18(3)22-4/h5-11H,1-4H3. The maximum atomic E-state index is 12.2. The summed E-state index contributed by atoms with van der Waals surface area (Å²) in [5.41, 5.74) is 2.38. The topological polar surface area (TPSA) is 72.9 Å². The highest BCUT2D eigenvalue weighted by Gasteiger charge is 2.21. The minimum Gasteiger partial charge on any atom is -0.423 e. The maximum absolute atomic E-state index is 12.2. The smallest absolute Gasteiger partial charge is 0.343 e. The van der Waals surface area contributed by atoms with Crippen LogP contribution in [0.1, 0.15) is 21.5 Å². The minimum absolute atomic E-state index is 0.0228. The van der Waals surface area contributed by atoms with E-state index in [9.17, 15) is 13.2 Å². The molecule has 0 spiro atoms. The molecule has 0 heterocycles. The van der Waals surface area contributed by atoms with Crippen LogP contribution < -0.4 is 4.74 Å². The summed E-state index contributed by atoms with van der Waals surface area (Å²) in [5.74, 6) is -0.110. The van der Waals surface area contributed by atoms with Crippen LogP contribution in [0.2, 0.25) is 0 Å². The van der Waals surface area contributed by atoms with Crippen molar-refractivity contribution in [1.29, 1.82) is 0 Å². The molecule has 0 amide bonds. The molecule has 2 aromatic rings. The number of rotatable bonds is 5. The zero-order valence-electron chi connectivity index (χ0n) is 13.9. The first kappa shape index (κ1) is 18.1. The van der Waals surface area contributed by atoms with Crippen molar-refractivity contribution in [1.82, 2.24) is 4.47 Å². The van der Waals surface area contributed by atoms with Crippen LogP contribution in [0.25, 0.3) is 0 Å². The summed E-state index contributed by atoms with van der Waals surface area (Å²) in [6, 6.07) is 10.8. The van der Waals surface area contributed by atoms with Gasteiger partial charge in [0.15, 0.2) is 0 Å². The Morgan fingerprint density at radius 3 is 2.17 bits per heavy atom. The van der Waals surface area contributed by atoms with Crippen molar-refractivity contribution in [3.63, 3.8) is 0 Å². The summed E-state index contributed by atoms with van der Waals surface area (Å²) in [7, 11) is -1.20. The molecule has 0 aliphatic heterocycles. The second-order valence-electron chi connectivity index (χ2n) is 5.26. The maximum Gasteiger partial charge on any atom is 0.343 e. The quantitative estimate of drug-likeness (QED) is 0.471. The first-order valence-corrected chi connectivity index (χ1v) is 8.62. The first-order valence-electron chi connectivity index (χ1n) is 7.18. The Kier molecular flexibility index (Phi) is 5.38. The van der Waals surface area contributed by atoms with E-state index in [4.69, 9.17) is 9.57 Å². The predicted octanol–water partition coefficient (Wildman–Crippen LogP) is 2.70. The highest BCUT2D eigenvalue weighted by molar-refractivity contribution is 7.89. The van der Waals surface area contributed by atoms with Crippen molar-refractivity contribution in [3.05, 3.63) is 59.2 Å². The Morgan fingerprint density at radius 2 is 1.62 bits per heavy atom. The molecule has 0 saturated heterocycles. The number of hydroxylamine groups is 1. The fourth-order valence-electron chi connectivity index (χ4n) is 1.95. The van der Waals surface area contributed by atoms with E-state index in [1.54, 1.807) is 12.1 Å². The van der Waals surface area contributed by atoms with Gasteiger partial charge in [0, 0.05) is 7.05 Å². The lowest BCUT2D eigenvalue weighted by molar-refractivity contribution is -0.0258. The number of carbonyl (C=O) groups is 1. The van der Waals surface area contributed by atoms with Crippen LogP contribution in [0.3, 0.4) is 0 Å². The summed E-state index contributed by atoms with van der Waals surface area (Å²) in [5, 5.41) is 0. The van der Waals surface area contributed by atoms with Crippen molar-refractivity contribution < 1.29 is 22.8 Å². The van der Waals surface area contributed by atoms with Gasteiger partial charge in [-0.25, -0.2) is 13.2 Å². The Bertz CT molecular complexity index is 844. The van der Waals surface area contributed by atoms with Crippen LogP contribution in [-0.2, 0) is 14.9 Å². The van der Waals surface area contributed by atoms with E-state index >= 15 is 0 Å². The number of nitrogens with zero attached hydrogens (tertiary/aromatic N) is 1. The molecule has 2 aromatic carbocycles. The van der Waals surface area contributed by atoms with Gasteiger partial charge in [0.1, 0.15) is 5.75 Å². The van der Waals surface area contributed by atoms with E-state index in [1.165, 1.54) is 38.4 Å². The highest BCUT2D eigenvalue weighted by Crippen LogP contribution is 2.19. The molecule has 0 saturated carbocycles. The van der Waals surface area contributed by atoms with Crippen LogP contribution in [-0.4, -0.2) is 33.0 Å². The molecule has 0 atom stereocenters. The molecule has 0 fully saturated rings. The van der Waals surface area contributed by atoms with Crippen molar-refractivity contribution in [3.8, 4) is 5.75 Å². The van der Waals surface area contributed by atoms with E-state index in [-0.39, 0.29) is 10.5 Å². The zero-order chi connectivity index (χ0) is 17.9. The average molecular weight is 349 g/mol. The molecule has 0 radical (unpaired) electrons. The summed E-state index contributed by atoms with van der Waals surface area (Å²) >= 11 is 0. The largest absolute Gasteiger partial charge is 0.423 e. The van der Waals surface area contributed by atoms with Gasteiger partial charge in [-0.1, -0.05) is 10.5 Å². The van der Waals surface area contributed by atoms with Crippen molar-refractivity contribution >= 4 is 16.0 Å². The van der Waals surface area contributed by atoms with Crippen LogP contribution in [0.5, 0.6) is 5.75 Å². The molecule has 24 heavy (non-hydrogen) atoms. The third-order valence-electron chi connectivity index (χ3n) is 3.67. The predicted molar refractivity (Wildman–Crippen MR) is 89.3 cm³/mol. The normalized spacial score (nSPS) is 11.5. The fourth-order valence-corrected chi connectivity index (χ4v) is 2.93. The van der Waals surface area contributed by atoms with Gasteiger partial charge >= 0.3 is 5.97 Å². The van der Waals surface area contributed by atoms with E-state index in [0.29, 0.717) is 5.75 Å². The second kappa shape index (κ2) is 7.12. The lowest BCUT2D eigenvalue weighted by Gasteiger charge is -2.14. The number of carbonyl (C=O) groups excluding carboxylic acids is 1. The molecule has 0 unspecified atom stereocenters. The fraction of sp³-hybridized carbons (Fsp3) is 0.235. The summed E-state index contributed by atoms with van der Waals surface area (Å²) < 4.78 is 30.2. The summed E-state index contributed by atoms with van der Waals surface area (Å²) in [6.45, 7) is 3.90. The van der Waals surface area contributed by atoms with Gasteiger partial charge in [-0.2, -0.15) is 0 Å². The van der Waals surface area contributed by atoms with E-state index in [2.05, 4.69) is 0 Å². The number of aryl methyl sites for hydroxylation is 2.